The van der Waals surface area contributed by atoms with E-state index < -0.39 is 15.6 Å². The van der Waals surface area contributed by atoms with Crippen molar-refractivity contribution in [2.24, 2.45) is 0 Å². The van der Waals surface area contributed by atoms with E-state index in [1.54, 1.807) is 13.8 Å². The van der Waals surface area contributed by atoms with Gasteiger partial charge in [0, 0.05) is 19.4 Å². The Bertz CT molecular complexity index is 485. The molecule has 1 rings (SSSR count). The molecular formula is C10H17N3O3S. The Morgan fingerprint density at radius 2 is 2.18 bits per heavy atom. The number of hydrogen-bond acceptors (Lipinski definition) is 5. The number of ether oxygens (including phenoxy) is 1. The molecule has 1 heterocycles. The molecule has 0 radical (unpaired) electrons. The van der Waals surface area contributed by atoms with Crippen LogP contribution in [0, 0.1) is 0 Å². The third kappa shape index (κ3) is 3.95. The molecule has 0 unspecified atom stereocenters. The summed E-state index contributed by atoms with van der Waals surface area (Å²) in [6, 6.07) is 2.70. The second-order valence-corrected chi connectivity index (χ2v) is 6.02. The Kier molecular flexibility index (Phi) is 4.07. The number of aromatic nitrogens is 1. The Labute approximate surface area is 101 Å². The van der Waals surface area contributed by atoms with E-state index >= 15 is 0 Å². The highest BCUT2D eigenvalue weighted by Crippen LogP contribution is 2.14. The molecule has 0 aliphatic rings. The van der Waals surface area contributed by atoms with Crippen LogP contribution < -0.4 is 10.5 Å². The van der Waals surface area contributed by atoms with Crippen LogP contribution in [-0.4, -0.2) is 32.7 Å². The van der Waals surface area contributed by atoms with Gasteiger partial charge < -0.3 is 10.5 Å². The molecule has 0 saturated carbocycles. The van der Waals surface area contributed by atoms with Crippen molar-refractivity contribution in [1.29, 1.82) is 0 Å². The van der Waals surface area contributed by atoms with Gasteiger partial charge in [-0.25, -0.2) is 18.1 Å². The first-order valence-corrected chi connectivity index (χ1v) is 6.50. The van der Waals surface area contributed by atoms with Gasteiger partial charge in [-0.2, -0.15) is 0 Å². The average molecular weight is 259 g/mol. The summed E-state index contributed by atoms with van der Waals surface area (Å²) < 4.78 is 31.5. The van der Waals surface area contributed by atoms with Gasteiger partial charge in [0.15, 0.2) is 0 Å². The predicted octanol–water partition coefficient (Wildman–Crippen LogP) is 0.367. The van der Waals surface area contributed by atoms with Gasteiger partial charge in [0.05, 0.1) is 17.0 Å². The smallest absolute Gasteiger partial charge is 0.241 e. The number of anilines is 1. The van der Waals surface area contributed by atoms with E-state index in [0.717, 1.165) is 0 Å². The molecule has 0 aliphatic heterocycles. The minimum atomic E-state index is -3.61. The Hall–Kier alpha value is -1.18. The van der Waals surface area contributed by atoms with Gasteiger partial charge in [-0.15, -0.1) is 0 Å². The van der Waals surface area contributed by atoms with Crippen LogP contribution in [0.5, 0.6) is 0 Å². The molecule has 0 fully saturated rings. The summed E-state index contributed by atoms with van der Waals surface area (Å²) in [5.74, 6) is 0.164. The molecule has 0 aromatic carbocycles. The van der Waals surface area contributed by atoms with Crippen molar-refractivity contribution in [2.45, 2.75) is 24.3 Å². The Morgan fingerprint density at radius 1 is 1.53 bits per heavy atom. The van der Waals surface area contributed by atoms with Crippen LogP contribution in [0.4, 0.5) is 5.82 Å². The van der Waals surface area contributed by atoms with Gasteiger partial charge in [0.2, 0.25) is 10.0 Å². The fraction of sp³-hybridized carbons (Fsp3) is 0.500. The number of nitrogens with two attached hydrogens (primary N) is 1. The molecule has 6 nitrogen and oxygen atoms in total. The second-order valence-electron chi connectivity index (χ2n) is 4.34. The van der Waals surface area contributed by atoms with Gasteiger partial charge in [-0.1, -0.05) is 0 Å². The van der Waals surface area contributed by atoms with Crippen LogP contribution in [0.25, 0.3) is 0 Å². The maximum Gasteiger partial charge on any atom is 0.241 e. The summed E-state index contributed by atoms with van der Waals surface area (Å²) >= 11 is 0. The number of nitrogen functional groups attached to an aromatic ring is 1. The van der Waals surface area contributed by atoms with Gasteiger partial charge in [0.25, 0.3) is 0 Å². The Balaban J connectivity index is 2.97. The van der Waals surface area contributed by atoms with E-state index in [9.17, 15) is 8.42 Å². The molecule has 1 aromatic rings. The van der Waals surface area contributed by atoms with Crippen molar-refractivity contribution in [1.82, 2.24) is 9.71 Å². The van der Waals surface area contributed by atoms with Crippen molar-refractivity contribution >= 4 is 15.8 Å². The SMILES string of the molecule is COCC(C)(C)NS(=O)(=O)c1ccnc(N)c1. The lowest BCUT2D eigenvalue weighted by Crippen LogP contribution is -2.46. The van der Waals surface area contributed by atoms with Crippen molar-refractivity contribution in [3.8, 4) is 0 Å². The molecule has 0 saturated heterocycles. The van der Waals surface area contributed by atoms with Gasteiger partial charge >= 0.3 is 0 Å². The minimum absolute atomic E-state index is 0.0918. The monoisotopic (exact) mass is 259 g/mol. The Morgan fingerprint density at radius 3 is 2.71 bits per heavy atom. The summed E-state index contributed by atoms with van der Waals surface area (Å²) in [4.78, 5) is 3.84. The number of rotatable bonds is 5. The first-order valence-electron chi connectivity index (χ1n) is 5.01. The molecule has 0 aliphatic carbocycles. The van der Waals surface area contributed by atoms with Crippen molar-refractivity contribution < 1.29 is 13.2 Å². The van der Waals surface area contributed by atoms with E-state index in [-0.39, 0.29) is 17.3 Å². The zero-order valence-corrected chi connectivity index (χ0v) is 10.9. The molecule has 7 heteroatoms. The number of hydrogen-bond donors (Lipinski definition) is 2. The second kappa shape index (κ2) is 4.99. The first kappa shape index (κ1) is 13.9. The highest BCUT2D eigenvalue weighted by atomic mass is 32.2. The summed E-state index contributed by atoms with van der Waals surface area (Å²) in [5.41, 5.74) is 4.76. The molecule has 1 aromatic heterocycles. The van der Waals surface area contributed by atoms with Crippen LogP contribution in [0.2, 0.25) is 0 Å². The largest absolute Gasteiger partial charge is 0.384 e. The fourth-order valence-corrected chi connectivity index (χ4v) is 2.83. The highest BCUT2D eigenvalue weighted by Gasteiger charge is 2.26. The summed E-state index contributed by atoms with van der Waals surface area (Å²) in [5, 5.41) is 0. The van der Waals surface area contributed by atoms with E-state index in [2.05, 4.69) is 9.71 Å². The average Bonchev–Trinajstić information content (AvgIpc) is 2.15. The van der Waals surface area contributed by atoms with Crippen molar-refractivity contribution in [3.63, 3.8) is 0 Å². The third-order valence-corrected chi connectivity index (χ3v) is 3.67. The lowest BCUT2D eigenvalue weighted by atomic mass is 10.1. The van der Waals surface area contributed by atoms with E-state index in [0.29, 0.717) is 0 Å². The lowest BCUT2D eigenvalue weighted by molar-refractivity contribution is 0.141. The normalized spacial score (nSPS) is 12.6. The molecule has 0 spiro atoms. The molecule has 3 N–H and O–H groups in total. The minimum Gasteiger partial charge on any atom is -0.384 e. The first-order chi connectivity index (χ1) is 7.77. The quantitative estimate of drug-likeness (QED) is 0.796. The molecule has 96 valence electrons. The van der Waals surface area contributed by atoms with E-state index in [1.807, 2.05) is 0 Å². The maximum atomic E-state index is 12.0. The number of nitrogens with zero attached hydrogens (tertiary/aromatic N) is 1. The zero-order valence-electron chi connectivity index (χ0n) is 10.1. The summed E-state index contributed by atoms with van der Waals surface area (Å²) in [7, 11) is -2.10. The number of nitrogens with one attached hydrogen (secondary N) is 1. The highest BCUT2D eigenvalue weighted by molar-refractivity contribution is 7.89. The topological polar surface area (TPSA) is 94.3 Å². The van der Waals surface area contributed by atoms with Crippen LogP contribution >= 0.6 is 0 Å². The van der Waals surface area contributed by atoms with Crippen LogP contribution in [0.15, 0.2) is 23.2 Å². The van der Waals surface area contributed by atoms with Crippen LogP contribution in [0.3, 0.4) is 0 Å². The molecule has 0 bridgehead atoms. The molecular weight excluding hydrogens is 242 g/mol. The van der Waals surface area contributed by atoms with E-state index in [1.165, 1.54) is 25.4 Å². The van der Waals surface area contributed by atoms with Crippen molar-refractivity contribution in [2.75, 3.05) is 19.5 Å². The third-order valence-electron chi connectivity index (χ3n) is 1.98. The van der Waals surface area contributed by atoms with E-state index in [4.69, 9.17) is 10.5 Å². The van der Waals surface area contributed by atoms with Crippen molar-refractivity contribution in [3.05, 3.63) is 18.3 Å². The zero-order chi connectivity index (χ0) is 13.1. The number of pyridine rings is 1. The molecule has 0 atom stereocenters. The standard InChI is InChI=1S/C10H17N3O3S/c1-10(2,7-16-3)13-17(14,15)8-4-5-12-9(11)6-8/h4-6,13H,7H2,1-3H3,(H2,11,12). The number of sulfonamides is 1. The fourth-order valence-electron chi connectivity index (χ4n) is 1.41. The van der Waals surface area contributed by atoms with Crippen LogP contribution in [-0.2, 0) is 14.8 Å². The van der Waals surface area contributed by atoms with Crippen LogP contribution in [0.1, 0.15) is 13.8 Å². The summed E-state index contributed by atoms with van der Waals surface area (Å²) in [6.45, 7) is 3.74. The van der Waals surface area contributed by atoms with Gasteiger partial charge in [-0.05, 0) is 19.9 Å². The lowest BCUT2D eigenvalue weighted by Gasteiger charge is -2.24. The predicted molar refractivity (Wildman–Crippen MR) is 64.9 cm³/mol. The van der Waals surface area contributed by atoms with Gasteiger partial charge in [0.1, 0.15) is 5.82 Å². The number of methoxy groups -OCH3 is 1. The molecule has 0 amide bonds. The van der Waals surface area contributed by atoms with Gasteiger partial charge in [-0.3, -0.25) is 0 Å². The maximum absolute atomic E-state index is 12.0. The molecule has 17 heavy (non-hydrogen) atoms. The summed E-state index contributed by atoms with van der Waals surface area (Å²) in [6.07, 6.45) is 1.35.